The van der Waals surface area contributed by atoms with Crippen LogP contribution in [-0.4, -0.2) is 84.4 Å². The number of aromatic amines is 1. The quantitative estimate of drug-likeness (QED) is 0.786. The molecule has 2 saturated heterocycles. The topological polar surface area (TPSA) is 85.9 Å². The predicted octanol–water partition coefficient (Wildman–Crippen LogP) is 2.45. The van der Waals surface area contributed by atoms with Gasteiger partial charge in [0.25, 0.3) is 5.91 Å². The minimum Gasteiger partial charge on any atom is -0.475 e. The lowest BCUT2D eigenvalue weighted by Gasteiger charge is -2.21. The van der Waals surface area contributed by atoms with E-state index in [1.54, 1.807) is 0 Å². The summed E-state index contributed by atoms with van der Waals surface area (Å²) in [7, 11) is 4.19. The number of carbonyl (C=O) groups excluding carboxylic acids is 1. The number of aromatic nitrogens is 1. The summed E-state index contributed by atoms with van der Waals surface area (Å²) in [6.45, 7) is 3.36. The van der Waals surface area contributed by atoms with Crippen molar-refractivity contribution in [1.29, 1.82) is 0 Å². The highest BCUT2D eigenvalue weighted by atomic mass is 19.4. The van der Waals surface area contributed by atoms with E-state index in [1.807, 2.05) is 35.2 Å². The van der Waals surface area contributed by atoms with Gasteiger partial charge >= 0.3 is 12.1 Å². The Labute approximate surface area is 171 Å². The van der Waals surface area contributed by atoms with E-state index in [9.17, 15) is 18.0 Å². The van der Waals surface area contributed by atoms with E-state index in [0.29, 0.717) is 24.1 Å². The predicted molar refractivity (Wildman–Crippen MR) is 103 cm³/mol. The van der Waals surface area contributed by atoms with E-state index in [1.165, 1.54) is 0 Å². The van der Waals surface area contributed by atoms with Gasteiger partial charge in [0.2, 0.25) is 0 Å². The lowest BCUT2D eigenvalue weighted by Crippen LogP contribution is -2.33. The molecule has 2 N–H and O–H groups in total. The number of para-hydroxylation sites is 1. The third-order valence-corrected chi connectivity index (χ3v) is 5.33. The molecule has 0 saturated carbocycles. The van der Waals surface area contributed by atoms with Gasteiger partial charge in [-0.3, -0.25) is 4.79 Å². The zero-order valence-electron chi connectivity index (χ0n) is 16.6. The zero-order valence-corrected chi connectivity index (χ0v) is 16.6. The summed E-state index contributed by atoms with van der Waals surface area (Å²) in [5, 5.41) is 8.21. The molecule has 2 aliphatic heterocycles. The Bertz CT molecular complexity index is 879. The second-order valence-electron chi connectivity index (χ2n) is 7.84. The Morgan fingerprint density at radius 2 is 1.93 bits per heavy atom. The molecule has 4 rings (SSSR count). The Morgan fingerprint density at radius 3 is 2.53 bits per heavy atom. The van der Waals surface area contributed by atoms with Crippen LogP contribution in [-0.2, 0) is 9.53 Å². The highest BCUT2D eigenvalue weighted by Gasteiger charge is 2.45. The number of fused-ring (bicyclic) bond motifs is 2. The summed E-state index contributed by atoms with van der Waals surface area (Å²) in [6, 6.07) is 9.94. The molecule has 0 aliphatic carbocycles. The van der Waals surface area contributed by atoms with Crippen LogP contribution in [0.25, 0.3) is 10.9 Å². The van der Waals surface area contributed by atoms with Crippen LogP contribution < -0.4 is 0 Å². The number of halogens is 3. The van der Waals surface area contributed by atoms with E-state index in [0.717, 1.165) is 30.6 Å². The number of ether oxygens (including phenoxy) is 1. The molecule has 3 atom stereocenters. The lowest BCUT2D eigenvalue weighted by molar-refractivity contribution is -0.192. The van der Waals surface area contributed by atoms with Crippen molar-refractivity contribution in [2.75, 3.05) is 40.3 Å². The van der Waals surface area contributed by atoms with Crippen molar-refractivity contribution in [3.05, 3.63) is 36.0 Å². The van der Waals surface area contributed by atoms with Crippen LogP contribution >= 0.6 is 0 Å². The van der Waals surface area contributed by atoms with Crippen molar-refractivity contribution in [2.45, 2.75) is 12.3 Å². The highest BCUT2D eigenvalue weighted by molar-refractivity contribution is 5.98. The number of carboxylic acid groups (broad SMARTS) is 1. The van der Waals surface area contributed by atoms with Crippen molar-refractivity contribution in [3.8, 4) is 0 Å². The number of nitrogens with zero attached hydrogens (tertiary/aromatic N) is 2. The Balaban J connectivity index is 0.000000318. The molecule has 2 fully saturated rings. The number of alkyl halides is 3. The Morgan fingerprint density at radius 1 is 1.27 bits per heavy atom. The largest absolute Gasteiger partial charge is 0.490 e. The van der Waals surface area contributed by atoms with Crippen LogP contribution in [0.4, 0.5) is 13.2 Å². The molecule has 3 heterocycles. The highest BCUT2D eigenvalue weighted by Crippen LogP contribution is 2.34. The summed E-state index contributed by atoms with van der Waals surface area (Å²) >= 11 is 0. The maximum absolute atomic E-state index is 12.8. The molecule has 2 aliphatic rings. The van der Waals surface area contributed by atoms with Crippen molar-refractivity contribution in [1.82, 2.24) is 14.8 Å². The number of aliphatic carboxylic acids is 1. The molecule has 7 nitrogen and oxygen atoms in total. The third-order valence-electron chi connectivity index (χ3n) is 5.33. The van der Waals surface area contributed by atoms with Gasteiger partial charge in [0, 0.05) is 42.4 Å². The molecule has 10 heteroatoms. The first kappa shape index (κ1) is 22.1. The minimum atomic E-state index is -5.08. The van der Waals surface area contributed by atoms with E-state index < -0.39 is 12.1 Å². The number of nitrogens with one attached hydrogen (secondary N) is 1. The van der Waals surface area contributed by atoms with Gasteiger partial charge in [0.15, 0.2) is 0 Å². The first-order chi connectivity index (χ1) is 14.1. The molecule has 0 unspecified atom stereocenters. The number of hydrogen-bond donors (Lipinski definition) is 2. The SMILES string of the molecule is CN(C)C[C@@H]1CO[C@@H]2CN(C(=O)c3cc4ccccc4[nH]3)C[C@H]12.O=C(O)C(F)(F)F. The Kier molecular flexibility index (Phi) is 6.37. The Hall–Kier alpha value is -2.59. The second kappa shape index (κ2) is 8.65. The van der Waals surface area contributed by atoms with Gasteiger partial charge in [-0.05, 0) is 26.2 Å². The van der Waals surface area contributed by atoms with Gasteiger partial charge in [-0.15, -0.1) is 0 Å². The lowest BCUT2D eigenvalue weighted by atomic mass is 9.93. The maximum atomic E-state index is 12.8. The molecular formula is C20H24F3N3O4. The average molecular weight is 427 g/mol. The smallest absolute Gasteiger partial charge is 0.475 e. The van der Waals surface area contributed by atoms with Crippen LogP contribution in [0.3, 0.4) is 0 Å². The third kappa shape index (κ3) is 4.93. The fourth-order valence-corrected chi connectivity index (χ4v) is 3.98. The van der Waals surface area contributed by atoms with Gasteiger partial charge in [0.1, 0.15) is 5.69 Å². The van der Waals surface area contributed by atoms with Crippen molar-refractivity contribution in [3.63, 3.8) is 0 Å². The fraction of sp³-hybridized carbons (Fsp3) is 0.500. The van der Waals surface area contributed by atoms with Crippen LogP contribution in [0, 0.1) is 11.8 Å². The number of benzene rings is 1. The van der Waals surface area contributed by atoms with Gasteiger partial charge < -0.3 is 24.6 Å². The van der Waals surface area contributed by atoms with E-state index in [4.69, 9.17) is 14.6 Å². The molecule has 0 spiro atoms. The summed E-state index contributed by atoms with van der Waals surface area (Å²) in [5.74, 6) is -1.68. The monoisotopic (exact) mass is 427 g/mol. The summed E-state index contributed by atoms with van der Waals surface area (Å²) in [5.41, 5.74) is 1.69. The van der Waals surface area contributed by atoms with E-state index in [-0.39, 0.29) is 12.0 Å². The molecule has 0 bridgehead atoms. The van der Waals surface area contributed by atoms with E-state index in [2.05, 4.69) is 24.0 Å². The molecule has 164 valence electrons. The van der Waals surface area contributed by atoms with E-state index >= 15 is 0 Å². The number of carboxylic acids is 1. The van der Waals surface area contributed by atoms with Crippen LogP contribution in [0.2, 0.25) is 0 Å². The van der Waals surface area contributed by atoms with Gasteiger partial charge in [-0.1, -0.05) is 18.2 Å². The molecule has 1 aromatic heterocycles. The number of carbonyl (C=O) groups is 2. The molecule has 2 aromatic rings. The molecule has 1 aromatic carbocycles. The average Bonchev–Trinajstić information content (AvgIpc) is 3.35. The summed E-state index contributed by atoms with van der Waals surface area (Å²) in [4.78, 5) is 29.1. The summed E-state index contributed by atoms with van der Waals surface area (Å²) < 4.78 is 37.7. The molecule has 1 amide bonds. The van der Waals surface area contributed by atoms with Crippen molar-refractivity contribution < 1.29 is 32.6 Å². The van der Waals surface area contributed by atoms with Gasteiger partial charge in [-0.25, -0.2) is 4.79 Å². The number of H-pyrrole nitrogens is 1. The number of hydrogen-bond acceptors (Lipinski definition) is 4. The molecule has 0 radical (unpaired) electrons. The first-order valence-electron chi connectivity index (χ1n) is 9.49. The van der Waals surface area contributed by atoms with Crippen LogP contribution in [0.1, 0.15) is 10.5 Å². The van der Waals surface area contributed by atoms with Gasteiger partial charge in [0.05, 0.1) is 12.7 Å². The molecule has 30 heavy (non-hydrogen) atoms. The zero-order chi connectivity index (χ0) is 22.1. The summed E-state index contributed by atoms with van der Waals surface area (Å²) in [6.07, 6.45) is -4.88. The van der Waals surface area contributed by atoms with Crippen molar-refractivity contribution in [2.24, 2.45) is 11.8 Å². The fourth-order valence-electron chi connectivity index (χ4n) is 3.98. The standard InChI is InChI=1S/C18H23N3O2.C2HF3O2/c1-20(2)8-13-11-23-17-10-21(9-14(13)17)18(22)16-7-12-5-3-4-6-15(12)19-16;3-2(4,5)1(6)7/h3-7,13-14,17,19H,8-11H2,1-2H3;(H,6,7)/t13-,14-,17-;/m1./s1. The van der Waals surface area contributed by atoms with Crippen LogP contribution in [0.5, 0.6) is 0 Å². The number of likely N-dealkylation sites (tertiary alicyclic amines) is 1. The normalized spacial score (nSPS) is 23.4. The number of amides is 1. The van der Waals surface area contributed by atoms with Gasteiger partial charge in [-0.2, -0.15) is 13.2 Å². The first-order valence-corrected chi connectivity index (χ1v) is 9.49. The van der Waals surface area contributed by atoms with Crippen LogP contribution in [0.15, 0.2) is 30.3 Å². The van der Waals surface area contributed by atoms with Crippen molar-refractivity contribution >= 4 is 22.8 Å². The number of rotatable bonds is 3. The minimum absolute atomic E-state index is 0.0859. The maximum Gasteiger partial charge on any atom is 0.490 e. The molecular weight excluding hydrogens is 403 g/mol. The second-order valence-corrected chi connectivity index (χ2v) is 7.84.